The molecule has 2 amide bonds. The van der Waals surface area contributed by atoms with Gasteiger partial charge in [-0.2, -0.15) is 0 Å². The molecule has 3 rings (SSSR count). The van der Waals surface area contributed by atoms with Crippen molar-refractivity contribution < 1.29 is 22.7 Å². The molecule has 11 heteroatoms. The van der Waals surface area contributed by atoms with Gasteiger partial charge < -0.3 is 15.0 Å². The smallest absolute Gasteiger partial charge is 0.244 e. The molecule has 0 aromatic heterocycles. The highest BCUT2D eigenvalue weighted by molar-refractivity contribution is 7.92. The van der Waals surface area contributed by atoms with Gasteiger partial charge in [0.25, 0.3) is 0 Å². The van der Waals surface area contributed by atoms with Gasteiger partial charge in [-0.05, 0) is 48.7 Å². The number of nitrogens with zero attached hydrogens (tertiary/aromatic N) is 2. The number of benzene rings is 3. The van der Waals surface area contributed by atoms with Gasteiger partial charge in [0.2, 0.25) is 21.8 Å². The first-order valence-electron chi connectivity index (χ1n) is 13.1. The van der Waals surface area contributed by atoms with Gasteiger partial charge in [-0.25, -0.2) is 8.42 Å². The first-order chi connectivity index (χ1) is 19.5. The minimum Gasteiger partial charge on any atom is -0.495 e. The molecule has 1 unspecified atom stereocenters. The second-order valence-corrected chi connectivity index (χ2v) is 12.4. The Labute approximate surface area is 252 Å². The molecule has 0 radical (unpaired) electrons. The number of rotatable bonds is 13. The van der Waals surface area contributed by atoms with Crippen molar-refractivity contribution in [3.8, 4) is 5.75 Å². The summed E-state index contributed by atoms with van der Waals surface area (Å²) in [5, 5.41) is 3.54. The minimum absolute atomic E-state index is 0.114. The van der Waals surface area contributed by atoms with Crippen LogP contribution in [0.1, 0.15) is 30.0 Å². The maximum atomic E-state index is 14.2. The molecule has 3 aromatic carbocycles. The summed E-state index contributed by atoms with van der Waals surface area (Å²) in [5.41, 5.74) is 2.27. The maximum absolute atomic E-state index is 14.2. The molecule has 0 bridgehead atoms. The Morgan fingerprint density at radius 2 is 1.66 bits per heavy atom. The first-order valence-corrected chi connectivity index (χ1v) is 15.7. The Morgan fingerprint density at radius 3 is 2.24 bits per heavy atom. The lowest BCUT2D eigenvalue weighted by molar-refractivity contribution is -0.140. The quantitative estimate of drug-likeness (QED) is 0.282. The van der Waals surface area contributed by atoms with Gasteiger partial charge in [0.15, 0.2) is 0 Å². The van der Waals surface area contributed by atoms with Crippen molar-refractivity contribution in [2.24, 2.45) is 0 Å². The average molecular weight is 621 g/mol. The Kier molecular flexibility index (Phi) is 11.5. The Hall–Kier alpha value is -3.27. The van der Waals surface area contributed by atoms with Crippen LogP contribution in [0.4, 0.5) is 5.69 Å². The van der Waals surface area contributed by atoms with E-state index < -0.39 is 28.5 Å². The molecule has 0 aliphatic rings. The van der Waals surface area contributed by atoms with Gasteiger partial charge in [-0.1, -0.05) is 72.6 Å². The lowest BCUT2D eigenvalue weighted by atomic mass is 10.0. The number of ether oxygens (including phenoxy) is 1. The van der Waals surface area contributed by atoms with Crippen LogP contribution in [0, 0.1) is 6.92 Å². The molecule has 1 N–H and O–H groups in total. The molecule has 220 valence electrons. The number of amides is 2. The Balaban J connectivity index is 2.13. The molecule has 0 aliphatic carbocycles. The summed E-state index contributed by atoms with van der Waals surface area (Å²) in [6.07, 6.45) is 1.91. The molecule has 0 saturated heterocycles. The average Bonchev–Trinajstić information content (AvgIpc) is 2.93. The van der Waals surface area contributed by atoms with Crippen LogP contribution < -0.4 is 14.4 Å². The third-order valence-corrected chi connectivity index (χ3v) is 8.33. The fraction of sp³-hybridized carbons (Fsp3) is 0.333. The minimum atomic E-state index is -3.95. The number of hydrogen-bond donors (Lipinski definition) is 1. The number of carbonyl (C=O) groups excluding carboxylic acids is 2. The summed E-state index contributed by atoms with van der Waals surface area (Å²) < 4.78 is 32.5. The second-order valence-electron chi connectivity index (χ2n) is 9.66. The standard InChI is InChI=1S/C30H35Cl2N3O5S/c1-5-16-33-30(37)27(18-22-10-7-6-8-11-22)34(19-23-24(31)12-9-13-25(23)32)29(36)20-35(41(4,38)39)26-17-21(2)14-15-28(26)40-3/h6-15,17,27H,5,16,18-20H2,1-4H3,(H,33,37). The highest BCUT2D eigenvalue weighted by Crippen LogP contribution is 2.32. The predicted octanol–water partition coefficient (Wildman–Crippen LogP) is 5.24. The van der Waals surface area contributed by atoms with Crippen LogP contribution in [0.3, 0.4) is 0 Å². The molecule has 3 aromatic rings. The molecular weight excluding hydrogens is 585 g/mol. The van der Waals surface area contributed by atoms with Gasteiger partial charge in [-0.3, -0.25) is 13.9 Å². The van der Waals surface area contributed by atoms with Gasteiger partial charge >= 0.3 is 0 Å². The van der Waals surface area contributed by atoms with E-state index in [9.17, 15) is 18.0 Å². The van der Waals surface area contributed by atoms with E-state index in [1.165, 1.54) is 12.0 Å². The number of hydrogen-bond acceptors (Lipinski definition) is 5. The van der Waals surface area contributed by atoms with Crippen molar-refractivity contribution in [1.29, 1.82) is 0 Å². The van der Waals surface area contributed by atoms with E-state index in [1.54, 1.807) is 36.4 Å². The largest absolute Gasteiger partial charge is 0.495 e. The highest BCUT2D eigenvalue weighted by atomic mass is 35.5. The van der Waals surface area contributed by atoms with E-state index in [0.29, 0.717) is 28.6 Å². The van der Waals surface area contributed by atoms with Crippen molar-refractivity contribution >= 4 is 50.7 Å². The van der Waals surface area contributed by atoms with Gasteiger partial charge in [0.05, 0.1) is 19.1 Å². The van der Waals surface area contributed by atoms with E-state index in [1.807, 2.05) is 44.2 Å². The molecule has 0 aliphatic heterocycles. The van der Waals surface area contributed by atoms with E-state index in [-0.39, 0.29) is 30.3 Å². The van der Waals surface area contributed by atoms with Crippen LogP contribution in [0.2, 0.25) is 10.0 Å². The maximum Gasteiger partial charge on any atom is 0.244 e. The van der Waals surface area contributed by atoms with Crippen LogP contribution in [0.5, 0.6) is 5.75 Å². The van der Waals surface area contributed by atoms with E-state index in [4.69, 9.17) is 27.9 Å². The number of anilines is 1. The fourth-order valence-electron chi connectivity index (χ4n) is 4.36. The second kappa shape index (κ2) is 14.6. The monoisotopic (exact) mass is 619 g/mol. The van der Waals surface area contributed by atoms with Crippen LogP contribution in [-0.2, 0) is 32.6 Å². The van der Waals surface area contributed by atoms with E-state index >= 15 is 0 Å². The topological polar surface area (TPSA) is 96.0 Å². The number of methoxy groups -OCH3 is 1. The summed E-state index contributed by atoms with van der Waals surface area (Å²) >= 11 is 13.0. The molecule has 0 spiro atoms. The fourth-order valence-corrected chi connectivity index (χ4v) is 5.73. The number of nitrogens with one attached hydrogen (secondary N) is 1. The van der Waals surface area contributed by atoms with Crippen LogP contribution >= 0.6 is 23.2 Å². The Bertz CT molecular complexity index is 1450. The molecular formula is C30H35Cl2N3O5S. The molecule has 0 fully saturated rings. The Morgan fingerprint density at radius 1 is 1.00 bits per heavy atom. The zero-order valence-electron chi connectivity index (χ0n) is 23.6. The summed E-state index contributed by atoms with van der Waals surface area (Å²) in [6.45, 7) is 3.46. The van der Waals surface area contributed by atoms with Crippen molar-refractivity contribution in [3.63, 3.8) is 0 Å². The molecule has 0 saturated carbocycles. The van der Waals surface area contributed by atoms with Crippen molar-refractivity contribution in [3.05, 3.63) is 93.5 Å². The van der Waals surface area contributed by atoms with Crippen LogP contribution in [0.15, 0.2) is 66.7 Å². The highest BCUT2D eigenvalue weighted by Gasteiger charge is 2.34. The molecule has 41 heavy (non-hydrogen) atoms. The van der Waals surface area contributed by atoms with Gasteiger partial charge in [0.1, 0.15) is 18.3 Å². The van der Waals surface area contributed by atoms with Gasteiger partial charge in [-0.15, -0.1) is 0 Å². The zero-order valence-corrected chi connectivity index (χ0v) is 25.9. The summed E-state index contributed by atoms with van der Waals surface area (Å²) in [6, 6.07) is 18.4. The van der Waals surface area contributed by atoms with Gasteiger partial charge in [0, 0.05) is 35.1 Å². The summed E-state index contributed by atoms with van der Waals surface area (Å²) in [5.74, 6) is -0.690. The van der Waals surface area contributed by atoms with Crippen LogP contribution in [0.25, 0.3) is 0 Å². The van der Waals surface area contributed by atoms with E-state index in [2.05, 4.69) is 5.32 Å². The van der Waals surface area contributed by atoms with Crippen molar-refractivity contribution in [2.45, 2.75) is 39.3 Å². The van der Waals surface area contributed by atoms with Crippen LogP contribution in [-0.4, -0.2) is 57.6 Å². The number of carbonyl (C=O) groups is 2. The third kappa shape index (κ3) is 8.61. The van der Waals surface area contributed by atoms with E-state index in [0.717, 1.165) is 21.7 Å². The third-order valence-electron chi connectivity index (χ3n) is 6.49. The normalized spacial score (nSPS) is 12.0. The first kappa shape index (κ1) is 32.2. The molecule has 0 heterocycles. The molecule has 8 nitrogen and oxygen atoms in total. The number of halogens is 2. The lowest BCUT2D eigenvalue weighted by Crippen LogP contribution is -2.53. The van der Waals surface area contributed by atoms with Crippen molar-refractivity contribution in [2.75, 3.05) is 30.8 Å². The molecule has 1 atom stereocenters. The summed E-state index contributed by atoms with van der Waals surface area (Å²) in [7, 11) is -2.52. The van der Waals surface area contributed by atoms with Crippen molar-refractivity contribution in [1.82, 2.24) is 10.2 Å². The SMILES string of the molecule is CCCNC(=O)C(Cc1ccccc1)N(Cc1c(Cl)cccc1Cl)C(=O)CN(c1cc(C)ccc1OC)S(C)(=O)=O. The predicted molar refractivity (Wildman–Crippen MR) is 164 cm³/mol. The zero-order chi connectivity index (χ0) is 30.2. The lowest BCUT2D eigenvalue weighted by Gasteiger charge is -2.34. The number of aryl methyl sites for hydroxylation is 1. The summed E-state index contributed by atoms with van der Waals surface area (Å²) in [4.78, 5) is 29.1. The number of sulfonamides is 1.